The van der Waals surface area contributed by atoms with Crippen LogP contribution >= 0.6 is 0 Å². The van der Waals surface area contributed by atoms with Crippen LogP contribution in [-0.2, 0) is 19.4 Å². The SMILES string of the molecule is CC=C[CH]=[W]. The predicted molar refractivity (Wildman–Crippen MR) is 20.9 cm³/mol. The van der Waals surface area contributed by atoms with Crippen molar-refractivity contribution in [3.63, 3.8) is 0 Å². The second kappa shape index (κ2) is 4.30. The average Bonchev–Trinajstić information content (AvgIpc) is 1.41. The van der Waals surface area contributed by atoms with Crippen LogP contribution in [0.3, 0.4) is 0 Å². The molecule has 0 aliphatic rings. The van der Waals surface area contributed by atoms with Gasteiger partial charge in [0, 0.05) is 0 Å². The van der Waals surface area contributed by atoms with Crippen molar-refractivity contribution in [3.8, 4) is 0 Å². The van der Waals surface area contributed by atoms with Crippen LogP contribution in [0, 0.1) is 0 Å². The fourth-order valence-corrected chi connectivity index (χ4v) is 0.643. The van der Waals surface area contributed by atoms with Crippen LogP contribution in [0.15, 0.2) is 12.2 Å². The molecule has 0 aliphatic carbocycles. The van der Waals surface area contributed by atoms with Crippen molar-refractivity contribution in [2.75, 3.05) is 0 Å². The molecule has 0 heterocycles. The first kappa shape index (κ1) is 5.30. The van der Waals surface area contributed by atoms with Crippen LogP contribution < -0.4 is 0 Å². The second-order valence-electron chi connectivity index (χ2n) is 0.662. The molecule has 0 nitrogen and oxygen atoms in total. The van der Waals surface area contributed by atoms with E-state index in [0.29, 0.717) is 0 Å². The van der Waals surface area contributed by atoms with E-state index in [4.69, 9.17) is 0 Å². The van der Waals surface area contributed by atoms with Crippen molar-refractivity contribution in [2.24, 2.45) is 0 Å². The third kappa shape index (κ3) is 4.30. The van der Waals surface area contributed by atoms with Crippen molar-refractivity contribution >= 4 is 4.40 Å². The van der Waals surface area contributed by atoms with Crippen LogP contribution in [0.5, 0.6) is 0 Å². The molecule has 0 aromatic carbocycles. The molecular formula is C4H6W. The summed E-state index contributed by atoms with van der Waals surface area (Å²) in [7, 11) is 0. The normalized spacial score (nSPS) is 9.00. The van der Waals surface area contributed by atoms with E-state index in [9.17, 15) is 0 Å². The van der Waals surface area contributed by atoms with Crippen LogP contribution in [0.4, 0.5) is 0 Å². The van der Waals surface area contributed by atoms with Gasteiger partial charge in [-0.3, -0.25) is 0 Å². The van der Waals surface area contributed by atoms with E-state index in [2.05, 4.69) is 4.40 Å². The van der Waals surface area contributed by atoms with E-state index < -0.39 is 0 Å². The molecule has 0 radical (unpaired) electrons. The van der Waals surface area contributed by atoms with Gasteiger partial charge in [0.15, 0.2) is 0 Å². The van der Waals surface area contributed by atoms with E-state index in [0.717, 1.165) is 0 Å². The Morgan fingerprint density at radius 3 is 2.20 bits per heavy atom. The number of rotatable bonds is 1. The molecular weight excluding hydrogens is 232 g/mol. The van der Waals surface area contributed by atoms with Crippen LogP contribution in [-0.4, -0.2) is 4.40 Å². The standard InChI is InChI=1S/C4H6.W/c1-3-4-2;/h1,3-4H,2H3;. The third-order valence-corrected chi connectivity index (χ3v) is 0.836. The van der Waals surface area contributed by atoms with E-state index >= 15 is 0 Å². The molecule has 0 saturated carbocycles. The minimum atomic E-state index is 1.51. The Hall–Kier alpha value is 0.298. The summed E-state index contributed by atoms with van der Waals surface area (Å²) in [6.07, 6.45) is 4.06. The first-order chi connectivity index (χ1) is 2.41. The van der Waals surface area contributed by atoms with Gasteiger partial charge in [-0.25, -0.2) is 0 Å². The molecule has 0 saturated heterocycles. The van der Waals surface area contributed by atoms with Gasteiger partial charge in [0.25, 0.3) is 0 Å². The molecule has 0 bridgehead atoms. The molecule has 0 amide bonds. The molecule has 0 unspecified atom stereocenters. The molecule has 0 fully saturated rings. The van der Waals surface area contributed by atoms with Crippen molar-refractivity contribution < 1.29 is 19.4 Å². The quantitative estimate of drug-likeness (QED) is 0.636. The third-order valence-electron chi connectivity index (χ3n) is 0.271. The Bertz CT molecular complexity index is 45.6. The first-order valence-corrected chi connectivity index (χ1v) is 3.17. The molecule has 0 spiro atoms. The van der Waals surface area contributed by atoms with Crippen LogP contribution in [0.25, 0.3) is 0 Å². The Morgan fingerprint density at radius 2 is 2.20 bits per heavy atom. The maximum atomic E-state index is 2.08. The zero-order valence-electron chi connectivity index (χ0n) is 3.14. The van der Waals surface area contributed by atoms with Gasteiger partial charge in [-0.1, -0.05) is 0 Å². The van der Waals surface area contributed by atoms with Gasteiger partial charge < -0.3 is 0 Å². The van der Waals surface area contributed by atoms with E-state index in [1.54, 1.807) is 0 Å². The summed E-state index contributed by atoms with van der Waals surface area (Å²) in [5, 5.41) is 0. The Morgan fingerprint density at radius 1 is 1.60 bits per heavy atom. The fourth-order valence-electron chi connectivity index (χ4n) is 0.0786. The van der Waals surface area contributed by atoms with Crippen molar-refractivity contribution in [3.05, 3.63) is 12.2 Å². The molecule has 0 N–H and O–H groups in total. The number of hydrogen-bond acceptors (Lipinski definition) is 0. The molecule has 0 aromatic heterocycles. The average molecular weight is 238 g/mol. The minimum absolute atomic E-state index is 1.51. The van der Waals surface area contributed by atoms with Crippen molar-refractivity contribution in [1.29, 1.82) is 0 Å². The van der Waals surface area contributed by atoms with E-state index in [1.165, 1.54) is 19.4 Å². The Balaban J connectivity index is 2.92. The summed E-state index contributed by atoms with van der Waals surface area (Å²) < 4.78 is 2.08. The molecule has 0 aromatic rings. The van der Waals surface area contributed by atoms with Gasteiger partial charge >= 0.3 is 42.8 Å². The number of hydrogen-bond donors (Lipinski definition) is 0. The zero-order valence-corrected chi connectivity index (χ0v) is 6.07. The predicted octanol–water partition coefficient (Wildman–Crippen LogP) is 0.911. The molecule has 0 rings (SSSR count). The summed E-state index contributed by atoms with van der Waals surface area (Å²) in [4.78, 5) is 0. The van der Waals surface area contributed by atoms with E-state index in [1.807, 2.05) is 19.1 Å². The van der Waals surface area contributed by atoms with Gasteiger partial charge in [-0.05, 0) is 0 Å². The first-order valence-electron chi connectivity index (χ1n) is 1.48. The van der Waals surface area contributed by atoms with Crippen molar-refractivity contribution in [2.45, 2.75) is 6.92 Å². The second-order valence-corrected chi connectivity index (χ2v) is 1.64. The van der Waals surface area contributed by atoms with Crippen LogP contribution in [0.1, 0.15) is 6.92 Å². The fraction of sp³-hybridized carbons (Fsp3) is 0.250. The van der Waals surface area contributed by atoms with Gasteiger partial charge in [-0.2, -0.15) is 0 Å². The van der Waals surface area contributed by atoms with E-state index in [-0.39, 0.29) is 0 Å². The monoisotopic (exact) mass is 238 g/mol. The summed E-state index contributed by atoms with van der Waals surface area (Å²) in [6, 6.07) is 0. The number of allylic oxidation sites excluding steroid dienone is 2. The topological polar surface area (TPSA) is 0 Å². The van der Waals surface area contributed by atoms with Crippen molar-refractivity contribution in [1.82, 2.24) is 0 Å². The Labute approximate surface area is 43.3 Å². The summed E-state index contributed by atoms with van der Waals surface area (Å²) in [5.41, 5.74) is 0. The summed E-state index contributed by atoms with van der Waals surface area (Å²) in [6.45, 7) is 2.01. The van der Waals surface area contributed by atoms with Gasteiger partial charge in [0.2, 0.25) is 0 Å². The maximum absolute atomic E-state index is 2.08. The summed E-state index contributed by atoms with van der Waals surface area (Å²) >= 11 is 1.51. The molecule has 1 heteroatoms. The van der Waals surface area contributed by atoms with Gasteiger partial charge in [0.1, 0.15) is 0 Å². The molecule has 28 valence electrons. The molecule has 0 aliphatic heterocycles. The molecule has 0 atom stereocenters. The van der Waals surface area contributed by atoms with Gasteiger partial charge in [0.05, 0.1) is 0 Å². The zero-order chi connectivity index (χ0) is 4.12. The Kier molecular flexibility index (Phi) is 4.55. The summed E-state index contributed by atoms with van der Waals surface area (Å²) in [5.74, 6) is 0. The van der Waals surface area contributed by atoms with Crippen LogP contribution in [0.2, 0.25) is 0 Å². The molecule has 5 heavy (non-hydrogen) atoms. The van der Waals surface area contributed by atoms with Gasteiger partial charge in [-0.15, -0.1) is 0 Å².